The molecule has 1 aromatic carbocycles. The Labute approximate surface area is 80.0 Å². The van der Waals surface area contributed by atoms with Gasteiger partial charge in [0.2, 0.25) is 11.2 Å². The quantitative estimate of drug-likeness (QED) is 0.671. The summed E-state index contributed by atoms with van der Waals surface area (Å²) >= 11 is 1.24. The molecular formula is C9H10O3S. The van der Waals surface area contributed by atoms with Crippen molar-refractivity contribution in [3.63, 3.8) is 0 Å². The molecule has 2 N–H and O–H groups in total. The summed E-state index contributed by atoms with van der Waals surface area (Å²) in [6.45, 7) is 1.62. The molecule has 0 aliphatic carbocycles. The minimum Gasteiger partial charge on any atom is -0.504 e. The number of aromatic hydroxyl groups is 2. The highest BCUT2D eigenvalue weighted by Crippen LogP contribution is 2.25. The second kappa shape index (κ2) is 3.70. The van der Waals surface area contributed by atoms with Crippen LogP contribution in [-0.4, -0.2) is 16.5 Å². The van der Waals surface area contributed by atoms with E-state index in [4.69, 9.17) is 0 Å². The fraction of sp³-hybridized carbons (Fsp3) is 0.222. The summed E-state index contributed by atoms with van der Waals surface area (Å²) in [5.41, 5.74) is -0.0481. The molecule has 0 bridgehead atoms. The molecule has 3 nitrogen and oxygen atoms in total. The molecule has 0 aromatic heterocycles. The van der Waals surface area contributed by atoms with Crippen molar-refractivity contribution in [2.45, 2.75) is 11.8 Å². The average Bonchev–Trinajstić information content (AvgIpc) is 2.22. The highest BCUT2D eigenvalue weighted by molar-refractivity contribution is 7.98. The van der Waals surface area contributed by atoms with Gasteiger partial charge in [0.1, 0.15) is 0 Å². The fourth-order valence-electron chi connectivity index (χ4n) is 0.927. The molecule has 13 heavy (non-hydrogen) atoms. The minimum absolute atomic E-state index is 0.342. The van der Waals surface area contributed by atoms with Gasteiger partial charge in [-0.2, -0.15) is 0 Å². The molecule has 1 aromatic rings. The molecule has 0 spiro atoms. The molecule has 0 aliphatic heterocycles. The van der Waals surface area contributed by atoms with Crippen LogP contribution in [0.15, 0.2) is 21.8 Å². The van der Waals surface area contributed by atoms with Gasteiger partial charge in [0.15, 0.2) is 5.75 Å². The van der Waals surface area contributed by atoms with Gasteiger partial charge in [-0.05, 0) is 24.8 Å². The van der Waals surface area contributed by atoms with Gasteiger partial charge in [0.05, 0.1) is 4.90 Å². The third-order valence-corrected chi connectivity index (χ3v) is 2.50. The smallest absolute Gasteiger partial charge is 0.237 e. The Morgan fingerprint density at radius 3 is 2.38 bits per heavy atom. The van der Waals surface area contributed by atoms with Crippen LogP contribution in [0.5, 0.6) is 11.5 Å². The van der Waals surface area contributed by atoms with Gasteiger partial charge in [-0.25, -0.2) is 0 Å². The first-order valence-electron chi connectivity index (χ1n) is 3.67. The van der Waals surface area contributed by atoms with E-state index < -0.39 is 11.2 Å². The first kappa shape index (κ1) is 9.92. The van der Waals surface area contributed by atoms with Crippen molar-refractivity contribution in [1.29, 1.82) is 0 Å². The van der Waals surface area contributed by atoms with Gasteiger partial charge in [-0.3, -0.25) is 4.79 Å². The van der Waals surface area contributed by atoms with Crippen LogP contribution in [0, 0.1) is 6.92 Å². The second-order valence-electron chi connectivity index (χ2n) is 2.61. The van der Waals surface area contributed by atoms with E-state index in [9.17, 15) is 15.0 Å². The van der Waals surface area contributed by atoms with Crippen LogP contribution in [0.3, 0.4) is 0 Å². The third-order valence-electron chi connectivity index (χ3n) is 1.74. The van der Waals surface area contributed by atoms with Gasteiger partial charge >= 0.3 is 0 Å². The maximum atomic E-state index is 11.3. The highest BCUT2D eigenvalue weighted by atomic mass is 32.2. The van der Waals surface area contributed by atoms with Crippen molar-refractivity contribution in [2.24, 2.45) is 0 Å². The lowest BCUT2D eigenvalue weighted by molar-refractivity contribution is 0.398. The summed E-state index contributed by atoms with van der Waals surface area (Å²) < 4.78 is 0. The Kier molecular flexibility index (Phi) is 2.83. The number of rotatable bonds is 1. The van der Waals surface area contributed by atoms with E-state index in [1.807, 2.05) is 0 Å². The molecule has 0 heterocycles. The second-order valence-corrected chi connectivity index (χ2v) is 3.46. The van der Waals surface area contributed by atoms with E-state index in [1.165, 1.54) is 11.8 Å². The zero-order chi connectivity index (χ0) is 10.0. The molecule has 1 rings (SSSR count). The minimum atomic E-state index is -0.577. The Balaban J connectivity index is 3.63. The van der Waals surface area contributed by atoms with Crippen molar-refractivity contribution in [3.8, 4) is 11.5 Å². The zero-order valence-corrected chi connectivity index (χ0v) is 8.18. The lowest BCUT2D eigenvalue weighted by Crippen LogP contribution is -1.98. The van der Waals surface area contributed by atoms with Crippen LogP contribution in [0.4, 0.5) is 0 Å². The van der Waals surface area contributed by atoms with Crippen LogP contribution in [0.2, 0.25) is 0 Å². The standard InChI is InChI=1S/C9H10O3S/c1-5-3-4-6(13-2)8(11)9(12)7(5)10/h3-4H,1-2H3,(H2,10,11,12). The van der Waals surface area contributed by atoms with Crippen molar-refractivity contribution < 1.29 is 10.2 Å². The SMILES string of the molecule is CSc1ccc(C)c(O)c(O)c1=O. The van der Waals surface area contributed by atoms with E-state index in [0.29, 0.717) is 10.5 Å². The van der Waals surface area contributed by atoms with Gasteiger partial charge in [-0.1, -0.05) is 6.07 Å². The Hall–Kier alpha value is -1.16. The fourth-order valence-corrected chi connectivity index (χ4v) is 1.41. The van der Waals surface area contributed by atoms with E-state index in [-0.39, 0.29) is 5.75 Å². The van der Waals surface area contributed by atoms with E-state index in [1.54, 1.807) is 25.3 Å². The lowest BCUT2D eigenvalue weighted by atomic mass is 10.3. The number of thioether (sulfide) groups is 1. The first-order chi connectivity index (χ1) is 6.07. The normalized spacial score (nSPS) is 10.0. The van der Waals surface area contributed by atoms with Crippen LogP contribution in [-0.2, 0) is 0 Å². The molecule has 4 heteroatoms. The van der Waals surface area contributed by atoms with Crippen molar-refractivity contribution in [1.82, 2.24) is 0 Å². The van der Waals surface area contributed by atoms with Crippen molar-refractivity contribution >= 4 is 11.8 Å². The maximum absolute atomic E-state index is 11.3. The van der Waals surface area contributed by atoms with Crippen LogP contribution >= 0.6 is 11.8 Å². The summed E-state index contributed by atoms with van der Waals surface area (Å²) in [7, 11) is 0. The summed E-state index contributed by atoms with van der Waals surface area (Å²) in [6, 6.07) is 3.18. The molecular weight excluding hydrogens is 188 g/mol. The summed E-state index contributed by atoms with van der Waals surface area (Å²) in [5.74, 6) is -0.919. The number of hydrogen-bond donors (Lipinski definition) is 2. The topological polar surface area (TPSA) is 57.5 Å². The maximum Gasteiger partial charge on any atom is 0.237 e. The largest absolute Gasteiger partial charge is 0.504 e. The monoisotopic (exact) mass is 198 g/mol. The third kappa shape index (κ3) is 1.78. The van der Waals surface area contributed by atoms with Gasteiger partial charge in [0, 0.05) is 0 Å². The Morgan fingerprint density at radius 1 is 1.23 bits per heavy atom. The molecule has 0 fully saturated rings. The number of aryl methyl sites for hydroxylation is 1. The summed E-state index contributed by atoms with van der Waals surface area (Å²) in [4.78, 5) is 11.8. The Bertz CT molecular complexity index is 387. The number of hydrogen-bond acceptors (Lipinski definition) is 4. The van der Waals surface area contributed by atoms with Gasteiger partial charge in [-0.15, -0.1) is 11.8 Å². The van der Waals surface area contributed by atoms with E-state index in [0.717, 1.165) is 0 Å². The van der Waals surface area contributed by atoms with Gasteiger partial charge < -0.3 is 10.2 Å². The molecule has 0 atom stereocenters. The van der Waals surface area contributed by atoms with Crippen molar-refractivity contribution in [2.75, 3.05) is 6.26 Å². The molecule has 0 amide bonds. The molecule has 70 valence electrons. The lowest BCUT2D eigenvalue weighted by Gasteiger charge is -1.92. The predicted molar refractivity (Wildman–Crippen MR) is 52.6 cm³/mol. The first-order valence-corrected chi connectivity index (χ1v) is 4.90. The van der Waals surface area contributed by atoms with Gasteiger partial charge in [0.25, 0.3) is 0 Å². The molecule has 0 radical (unpaired) electrons. The van der Waals surface area contributed by atoms with E-state index >= 15 is 0 Å². The summed E-state index contributed by atoms with van der Waals surface area (Å²) in [5, 5.41) is 18.6. The molecule has 0 aliphatic rings. The zero-order valence-electron chi connectivity index (χ0n) is 7.37. The van der Waals surface area contributed by atoms with E-state index in [2.05, 4.69) is 0 Å². The van der Waals surface area contributed by atoms with Crippen LogP contribution in [0.1, 0.15) is 5.56 Å². The average molecular weight is 198 g/mol. The summed E-state index contributed by atoms with van der Waals surface area (Å²) in [6.07, 6.45) is 1.74. The highest BCUT2D eigenvalue weighted by Gasteiger charge is 2.08. The Morgan fingerprint density at radius 2 is 1.85 bits per heavy atom. The molecule has 0 unspecified atom stereocenters. The molecule has 0 saturated carbocycles. The molecule has 0 saturated heterocycles. The van der Waals surface area contributed by atoms with Crippen molar-refractivity contribution in [3.05, 3.63) is 27.9 Å². The van der Waals surface area contributed by atoms with Crippen LogP contribution < -0.4 is 5.43 Å². The predicted octanol–water partition coefficient (Wildman–Crippen LogP) is 1.49. The van der Waals surface area contributed by atoms with Crippen LogP contribution in [0.25, 0.3) is 0 Å².